The van der Waals surface area contributed by atoms with Crippen LogP contribution in [0, 0.1) is 0 Å². The van der Waals surface area contributed by atoms with Crippen molar-refractivity contribution in [1.82, 2.24) is 9.55 Å². The van der Waals surface area contributed by atoms with Gasteiger partial charge < -0.3 is 14.5 Å². The molecule has 6 rings (SSSR count). The number of hydrogen-bond acceptors (Lipinski definition) is 4. The summed E-state index contributed by atoms with van der Waals surface area (Å²) in [5.74, 6) is -0.306. The molecule has 3 heterocycles. The standard InChI is InChI=1S/C30H25N3O4S/c1-32-17-25-24-14-19(18-38(2,36)37)8-13-26(24)33(16-23-15-31-28(27(23)25)30(32)35)29(34)22-11-9-21(10-12-22)20-6-4-3-5-7-20/h3-15,17,31H,16,18H2,1-2H3. The molecule has 0 fully saturated rings. The van der Waals surface area contributed by atoms with Gasteiger partial charge in [-0.25, -0.2) is 8.42 Å². The average Bonchev–Trinajstić information content (AvgIpc) is 3.27. The number of nitrogens with zero attached hydrogens (tertiary/aromatic N) is 2. The molecule has 0 aliphatic carbocycles. The molecule has 0 atom stereocenters. The molecule has 8 heteroatoms. The van der Waals surface area contributed by atoms with Gasteiger partial charge in [0.15, 0.2) is 9.84 Å². The minimum absolute atomic E-state index is 0.121. The fourth-order valence-electron chi connectivity index (χ4n) is 5.22. The van der Waals surface area contributed by atoms with Crippen LogP contribution in [-0.4, -0.2) is 30.1 Å². The van der Waals surface area contributed by atoms with E-state index in [1.54, 1.807) is 36.5 Å². The van der Waals surface area contributed by atoms with Crippen molar-refractivity contribution in [2.75, 3.05) is 11.2 Å². The number of benzene rings is 3. The SMILES string of the molecule is Cn1cc2c3c(c[nH]c3c1=O)CN(C(=O)c1ccc(-c3ccccc3)cc1)c1ccc(CS(C)(=O)=O)cc1-2. The highest BCUT2D eigenvalue weighted by Gasteiger charge is 2.29. The van der Waals surface area contributed by atoms with Crippen LogP contribution in [0.1, 0.15) is 21.5 Å². The molecule has 1 amide bonds. The van der Waals surface area contributed by atoms with Crippen molar-refractivity contribution < 1.29 is 13.2 Å². The molecule has 0 bridgehead atoms. The van der Waals surface area contributed by atoms with Gasteiger partial charge >= 0.3 is 0 Å². The Bertz CT molecular complexity index is 1890. The average molecular weight is 524 g/mol. The monoisotopic (exact) mass is 523 g/mol. The number of nitrogens with one attached hydrogen (secondary N) is 1. The maximum absolute atomic E-state index is 14.0. The van der Waals surface area contributed by atoms with Crippen molar-refractivity contribution >= 4 is 32.3 Å². The number of aromatic amines is 1. The van der Waals surface area contributed by atoms with Crippen molar-refractivity contribution in [3.63, 3.8) is 0 Å². The van der Waals surface area contributed by atoms with Gasteiger partial charge in [-0.15, -0.1) is 0 Å². The first-order valence-electron chi connectivity index (χ1n) is 12.2. The molecule has 1 aliphatic rings. The number of aromatic nitrogens is 2. The normalized spacial score (nSPS) is 12.8. The quantitative estimate of drug-likeness (QED) is 0.363. The molecule has 2 aromatic heterocycles. The van der Waals surface area contributed by atoms with Crippen molar-refractivity contribution in [3.8, 4) is 22.3 Å². The van der Waals surface area contributed by atoms with E-state index in [4.69, 9.17) is 0 Å². The third kappa shape index (κ3) is 4.13. The van der Waals surface area contributed by atoms with E-state index in [0.717, 1.165) is 27.6 Å². The van der Waals surface area contributed by atoms with Crippen LogP contribution in [-0.2, 0) is 29.2 Å². The van der Waals surface area contributed by atoms with Gasteiger partial charge in [0.25, 0.3) is 11.5 Å². The molecule has 0 saturated heterocycles. The van der Waals surface area contributed by atoms with Crippen molar-refractivity contribution in [3.05, 3.63) is 112 Å². The van der Waals surface area contributed by atoms with Gasteiger partial charge in [0, 0.05) is 47.8 Å². The molecule has 7 nitrogen and oxygen atoms in total. The second kappa shape index (κ2) is 8.85. The summed E-state index contributed by atoms with van der Waals surface area (Å²) in [6.45, 7) is 0.262. The number of rotatable bonds is 4. The lowest BCUT2D eigenvalue weighted by Gasteiger charge is -2.24. The van der Waals surface area contributed by atoms with E-state index in [9.17, 15) is 18.0 Å². The number of carbonyl (C=O) groups excluding carboxylic acids is 1. The van der Waals surface area contributed by atoms with Gasteiger partial charge in [-0.3, -0.25) is 9.59 Å². The Morgan fingerprint density at radius 2 is 1.66 bits per heavy atom. The van der Waals surface area contributed by atoms with Crippen LogP contribution in [0.15, 0.2) is 90.0 Å². The zero-order valence-corrected chi connectivity index (χ0v) is 21.7. The van der Waals surface area contributed by atoms with Crippen LogP contribution in [0.25, 0.3) is 33.2 Å². The number of H-pyrrole nitrogens is 1. The number of amides is 1. The van der Waals surface area contributed by atoms with Crippen LogP contribution < -0.4 is 10.5 Å². The minimum Gasteiger partial charge on any atom is -0.356 e. The first-order chi connectivity index (χ1) is 18.2. The van der Waals surface area contributed by atoms with E-state index in [1.165, 1.54) is 10.8 Å². The molecular formula is C30H25N3O4S. The zero-order valence-electron chi connectivity index (χ0n) is 20.9. The first kappa shape index (κ1) is 23.9. The molecule has 0 radical (unpaired) electrons. The van der Waals surface area contributed by atoms with E-state index < -0.39 is 9.84 Å². The fraction of sp³-hybridized carbons (Fsp3) is 0.133. The molecule has 38 heavy (non-hydrogen) atoms. The number of hydrogen-bond donors (Lipinski definition) is 1. The minimum atomic E-state index is -3.27. The van der Waals surface area contributed by atoms with Gasteiger partial charge in [-0.1, -0.05) is 48.5 Å². The summed E-state index contributed by atoms with van der Waals surface area (Å²) in [4.78, 5) is 31.6. The predicted molar refractivity (Wildman–Crippen MR) is 150 cm³/mol. The fourth-order valence-corrected chi connectivity index (χ4v) is 6.00. The van der Waals surface area contributed by atoms with Crippen LogP contribution in [0.2, 0.25) is 0 Å². The molecule has 5 aromatic rings. The molecule has 1 N–H and O–H groups in total. The number of sulfone groups is 1. The second-order valence-electron chi connectivity index (χ2n) is 9.78. The number of anilines is 1. The molecule has 190 valence electrons. The lowest BCUT2D eigenvalue weighted by Crippen LogP contribution is -2.30. The highest BCUT2D eigenvalue weighted by molar-refractivity contribution is 7.89. The van der Waals surface area contributed by atoms with E-state index in [-0.39, 0.29) is 23.8 Å². The highest BCUT2D eigenvalue weighted by Crippen LogP contribution is 2.41. The van der Waals surface area contributed by atoms with Crippen molar-refractivity contribution in [2.45, 2.75) is 12.3 Å². The third-order valence-electron chi connectivity index (χ3n) is 6.97. The molecule has 0 saturated carbocycles. The van der Waals surface area contributed by atoms with E-state index in [1.807, 2.05) is 60.7 Å². The summed E-state index contributed by atoms with van der Waals surface area (Å²) in [6.07, 6.45) is 4.73. The largest absolute Gasteiger partial charge is 0.356 e. The lowest BCUT2D eigenvalue weighted by molar-refractivity contribution is 0.0985. The van der Waals surface area contributed by atoms with Gasteiger partial charge in [0.1, 0.15) is 5.52 Å². The number of aryl methyl sites for hydroxylation is 1. The smallest absolute Gasteiger partial charge is 0.274 e. The van der Waals surface area contributed by atoms with Gasteiger partial charge in [-0.05, 0) is 46.5 Å². The van der Waals surface area contributed by atoms with Crippen LogP contribution >= 0.6 is 0 Å². The summed E-state index contributed by atoms with van der Waals surface area (Å²) in [5, 5.41) is 0.751. The molecular weight excluding hydrogens is 498 g/mol. The van der Waals surface area contributed by atoms with E-state index in [0.29, 0.717) is 27.9 Å². The van der Waals surface area contributed by atoms with Crippen LogP contribution in [0.4, 0.5) is 5.69 Å². The summed E-state index contributed by atoms with van der Waals surface area (Å²) < 4.78 is 25.6. The maximum Gasteiger partial charge on any atom is 0.274 e. The molecule has 0 unspecified atom stereocenters. The Balaban J connectivity index is 1.50. The summed E-state index contributed by atoms with van der Waals surface area (Å²) >= 11 is 0. The topological polar surface area (TPSA) is 92.2 Å². The van der Waals surface area contributed by atoms with Crippen molar-refractivity contribution in [1.29, 1.82) is 0 Å². The number of fused-ring (bicyclic) bond motifs is 2. The Kier molecular flexibility index (Phi) is 5.57. The van der Waals surface area contributed by atoms with Crippen LogP contribution in [0.5, 0.6) is 0 Å². The predicted octanol–water partition coefficient (Wildman–Crippen LogP) is 4.91. The van der Waals surface area contributed by atoms with Gasteiger partial charge in [0.05, 0.1) is 18.0 Å². The third-order valence-corrected chi connectivity index (χ3v) is 7.83. The van der Waals surface area contributed by atoms with Crippen LogP contribution in [0.3, 0.4) is 0 Å². The maximum atomic E-state index is 14.0. The van der Waals surface area contributed by atoms with E-state index in [2.05, 4.69) is 4.98 Å². The Morgan fingerprint density at radius 1 is 0.947 bits per heavy atom. The van der Waals surface area contributed by atoms with Crippen molar-refractivity contribution in [2.24, 2.45) is 7.05 Å². The van der Waals surface area contributed by atoms with E-state index >= 15 is 0 Å². The number of pyridine rings is 1. The summed E-state index contributed by atoms with van der Waals surface area (Å²) in [5.41, 5.74) is 6.49. The molecule has 1 aliphatic heterocycles. The van der Waals surface area contributed by atoms with Gasteiger partial charge in [-0.2, -0.15) is 0 Å². The zero-order chi connectivity index (χ0) is 26.6. The summed E-state index contributed by atoms with van der Waals surface area (Å²) in [6, 6.07) is 22.8. The Hall–Kier alpha value is -4.43. The second-order valence-corrected chi connectivity index (χ2v) is 11.9. The Labute approximate surface area is 219 Å². The lowest BCUT2D eigenvalue weighted by atomic mass is 9.99. The molecule has 3 aromatic carbocycles. The highest BCUT2D eigenvalue weighted by atomic mass is 32.2. The molecule has 0 spiro atoms. The number of carbonyl (C=O) groups is 1. The van der Waals surface area contributed by atoms with Gasteiger partial charge in [0.2, 0.25) is 0 Å². The Morgan fingerprint density at radius 3 is 2.37 bits per heavy atom. The first-order valence-corrected chi connectivity index (χ1v) is 14.2. The summed E-state index contributed by atoms with van der Waals surface area (Å²) in [7, 11) is -1.59.